The third-order valence-corrected chi connectivity index (χ3v) is 2.90. The topological polar surface area (TPSA) is 81.4 Å². The zero-order chi connectivity index (χ0) is 10.2. The van der Waals surface area contributed by atoms with Crippen molar-refractivity contribution in [3.05, 3.63) is 29.3 Å². The largest absolute Gasteiger partial charge is 0.382 e. The van der Waals surface area contributed by atoms with E-state index in [0.717, 1.165) is 11.1 Å². The second kappa shape index (κ2) is 3.23. The molecule has 0 fully saturated rings. The highest BCUT2D eigenvalue weighted by Gasteiger charge is 2.21. The van der Waals surface area contributed by atoms with E-state index < -0.39 is 10.3 Å². The van der Waals surface area contributed by atoms with Crippen molar-refractivity contribution in [2.45, 2.75) is 13.1 Å². The molecule has 0 bridgehead atoms. The molecule has 3 N–H and O–H groups in total. The van der Waals surface area contributed by atoms with Crippen molar-refractivity contribution in [1.29, 1.82) is 0 Å². The van der Waals surface area contributed by atoms with Crippen LogP contribution in [0.15, 0.2) is 18.2 Å². The fourth-order valence-electron chi connectivity index (χ4n) is 1.29. The Bertz CT molecular complexity index is 456. The Morgan fingerprint density at radius 1 is 1.50 bits per heavy atom. The first kappa shape index (κ1) is 9.45. The minimum Gasteiger partial charge on any atom is -0.371 e. The average molecular weight is 214 g/mol. The van der Waals surface area contributed by atoms with Gasteiger partial charge < -0.3 is 9.92 Å². The Morgan fingerprint density at radius 2 is 2.29 bits per heavy atom. The van der Waals surface area contributed by atoms with Gasteiger partial charge in [-0.05, 0) is 17.7 Å². The number of rotatable bonds is 1. The Kier molecular flexibility index (Phi) is 2.18. The Balaban J connectivity index is 2.42. The van der Waals surface area contributed by atoms with Crippen LogP contribution in [0.2, 0.25) is 0 Å². The van der Waals surface area contributed by atoms with E-state index in [2.05, 4.69) is 4.72 Å². The summed E-state index contributed by atoms with van der Waals surface area (Å²) in [5.74, 6) is 0.376. The monoisotopic (exact) mass is 214 g/mol. The normalized spacial score (nSPS) is 18.4. The molecule has 14 heavy (non-hydrogen) atoms. The van der Waals surface area contributed by atoms with Crippen molar-refractivity contribution in [3.8, 4) is 5.75 Å². The van der Waals surface area contributed by atoms with Crippen molar-refractivity contribution < 1.29 is 12.6 Å². The Hall–Kier alpha value is -1.11. The Morgan fingerprint density at radius 3 is 3.00 bits per heavy atom. The highest BCUT2D eigenvalue weighted by Crippen LogP contribution is 2.24. The first-order chi connectivity index (χ1) is 6.61. The molecule has 6 heteroatoms. The maximum absolute atomic E-state index is 11.0. The smallest absolute Gasteiger partial charge is 0.371 e. The molecule has 0 aliphatic carbocycles. The summed E-state index contributed by atoms with van der Waals surface area (Å²) in [6.45, 7) is 0.686. The van der Waals surface area contributed by atoms with Crippen molar-refractivity contribution >= 4 is 10.3 Å². The molecule has 0 spiro atoms. The second-order valence-corrected chi connectivity index (χ2v) is 4.37. The van der Waals surface area contributed by atoms with E-state index >= 15 is 0 Å². The molecule has 1 aliphatic rings. The van der Waals surface area contributed by atoms with Gasteiger partial charge in [-0.1, -0.05) is 6.07 Å². The van der Waals surface area contributed by atoms with Crippen LogP contribution < -0.4 is 14.6 Å². The van der Waals surface area contributed by atoms with Gasteiger partial charge in [-0.3, -0.25) is 0 Å². The lowest BCUT2D eigenvalue weighted by atomic mass is 10.1. The minimum atomic E-state index is -3.60. The van der Waals surface area contributed by atoms with Crippen LogP contribution in [0.5, 0.6) is 5.75 Å². The first-order valence-electron chi connectivity index (χ1n) is 4.12. The second-order valence-electron chi connectivity index (χ2n) is 3.00. The molecule has 0 radical (unpaired) electrons. The van der Waals surface area contributed by atoms with E-state index in [1.807, 2.05) is 6.07 Å². The zero-order valence-electron chi connectivity index (χ0n) is 7.36. The molecule has 0 aromatic heterocycles. The summed E-state index contributed by atoms with van der Waals surface area (Å²) in [6.07, 6.45) is 0. The molecule has 0 saturated carbocycles. The molecule has 1 aromatic carbocycles. The van der Waals surface area contributed by atoms with Crippen LogP contribution in [0.1, 0.15) is 11.1 Å². The van der Waals surface area contributed by atoms with Crippen LogP contribution in [0.4, 0.5) is 0 Å². The lowest BCUT2D eigenvalue weighted by Crippen LogP contribution is -2.32. The number of fused-ring (bicyclic) bond motifs is 1. The van der Waals surface area contributed by atoms with Crippen LogP contribution in [0.3, 0.4) is 0 Å². The molecule has 1 heterocycles. The van der Waals surface area contributed by atoms with Crippen LogP contribution in [-0.2, 0) is 23.4 Å². The van der Waals surface area contributed by atoms with E-state index in [9.17, 15) is 8.42 Å². The highest BCUT2D eigenvalue weighted by atomic mass is 32.2. The van der Waals surface area contributed by atoms with E-state index in [-0.39, 0.29) is 6.54 Å². The summed E-state index contributed by atoms with van der Waals surface area (Å²) in [6, 6.07) is 5.20. The highest BCUT2D eigenvalue weighted by molar-refractivity contribution is 7.85. The van der Waals surface area contributed by atoms with Crippen molar-refractivity contribution in [2.75, 3.05) is 0 Å². The third-order valence-electron chi connectivity index (χ3n) is 2.00. The SMILES string of the molecule is NCc1ccc2c(c1)CNS(=O)(=O)O2. The third kappa shape index (κ3) is 1.72. The standard InChI is InChI=1S/C8H10N2O3S/c9-4-6-1-2-8-7(3-6)5-10-14(11,12)13-8/h1-3,10H,4-5,9H2. The van der Waals surface area contributed by atoms with Crippen LogP contribution in [0.25, 0.3) is 0 Å². The van der Waals surface area contributed by atoms with Gasteiger partial charge in [-0.2, -0.15) is 13.1 Å². The van der Waals surface area contributed by atoms with Gasteiger partial charge >= 0.3 is 10.3 Å². The van der Waals surface area contributed by atoms with Gasteiger partial charge in [0.1, 0.15) is 5.75 Å². The van der Waals surface area contributed by atoms with Gasteiger partial charge in [0.2, 0.25) is 0 Å². The van der Waals surface area contributed by atoms with Crippen LogP contribution in [-0.4, -0.2) is 8.42 Å². The maximum Gasteiger partial charge on any atom is 0.382 e. The summed E-state index contributed by atoms with van der Waals surface area (Å²) in [7, 11) is -3.60. The molecule has 76 valence electrons. The van der Waals surface area contributed by atoms with Crippen molar-refractivity contribution in [1.82, 2.24) is 4.72 Å². The van der Waals surface area contributed by atoms with Crippen molar-refractivity contribution in [3.63, 3.8) is 0 Å². The number of nitrogens with one attached hydrogen (secondary N) is 1. The molecule has 0 amide bonds. The molecule has 1 aliphatic heterocycles. The lowest BCUT2D eigenvalue weighted by Gasteiger charge is -2.17. The fourth-order valence-corrected chi connectivity index (χ4v) is 2.08. The fraction of sp³-hybridized carbons (Fsp3) is 0.250. The van der Waals surface area contributed by atoms with Gasteiger partial charge in [0.05, 0.1) is 0 Å². The average Bonchev–Trinajstić information content (AvgIpc) is 2.16. The minimum absolute atomic E-state index is 0.255. The molecule has 1 aromatic rings. The van der Waals surface area contributed by atoms with Gasteiger partial charge in [0.15, 0.2) is 0 Å². The van der Waals surface area contributed by atoms with Crippen LogP contribution in [0, 0.1) is 0 Å². The molecular weight excluding hydrogens is 204 g/mol. The molecule has 0 saturated heterocycles. The van der Waals surface area contributed by atoms with E-state index in [0.29, 0.717) is 12.3 Å². The predicted octanol–water partition coefficient (Wildman–Crippen LogP) is -0.128. The Labute approximate surface area is 82.1 Å². The first-order valence-corrected chi connectivity index (χ1v) is 5.52. The molecule has 0 atom stereocenters. The molecular formula is C8H10N2O3S. The summed E-state index contributed by atoms with van der Waals surface area (Å²) in [5, 5.41) is 0. The maximum atomic E-state index is 11.0. The molecule has 0 unspecified atom stereocenters. The van der Waals surface area contributed by atoms with Gasteiger partial charge in [-0.25, -0.2) is 0 Å². The number of hydrogen-bond donors (Lipinski definition) is 2. The molecule has 2 rings (SSSR count). The lowest BCUT2D eigenvalue weighted by molar-refractivity contribution is 0.453. The molecule has 5 nitrogen and oxygen atoms in total. The van der Waals surface area contributed by atoms with Gasteiger partial charge in [0, 0.05) is 18.7 Å². The van der Waals surface area contributed by atoms with E-state index in [4.69, 9.17) is 9.92 Å². The number of benzene rings is 1. The quantitative estimate of drug-likeness (QED) is 0.682. The predicted molar refractivity (Wildman–Crippen MR) is 50.7 cm³/mol. The zero-order valence-corrected chi connectivity index (χ0v) is 8.17. The van der Waals surface area contributed by atoms with Crippen LogP contribution >= 0.6 is 0 Å². The summed E-state index contributed by atoms with van der Waals surface area (Å²) in [4.78, 5) is 0. The summed E-state index contributed by atoms with van der Waals surface area (Å²) >= 11 is 0. The summed E-state index contributed by atoms with van der Waals surface area (Å²) < 4.78 is 29.0. The van der Waals surface area contributed by atoms with E-state index in [1.54, 1.807) is 12.1 Å². The van der Waals surface area contributed by atoms with Gasteiger partial charge in [0.25, 0.3) is 0 Å². The number of hydrogen-bond acceptors (Lipinski definition) is 4. The van der Waals surface area contributed by atoms with Gasteiger partial charge in [-0.15, -0.1) is 0 Å². The van der Waals surface area contributed by atoms with Crippen molar-refractivity contribution in [2.24, 2.45) is 5.73 Å². The van der Waals surface area contributed by atoms with E-state index in [1.165, 1.54) is 0 Å². The summed E-state index contributed by atoms with van der Waals surface area (Å²) in [5.41, 5.74) is 7.22. The number of nitrogens with two attached hydrogens (primary N) is 1.